The summed E-state index contributed by atoms with van der Waals surface area (Å²) in [6.07, 6.45) is 4.29. The van der Waals surface area contributed by atoms with Crippen molar-refractivity contribution in [3.63, 3.8) is 0 Å². The van der Waals surface area contributed by atoms with Crippen LogP contribution in [-0.2, 0) is 4.79 Å². The third-order valence-corrected chi connectivity index (χ3v) is 2.92. The van der Waals surface area contributed by atoms with E-state index in [1.165, 1.54) is 0 Å². The molecular weight excluding hydrogens is 254 g/mol. The summed E-state index contributed by atoms with van der Waals surface area (Å²) in [4.78, 5) is 13.3. The number of hydrogen-bond donors (Lipinski definition) is 0. The highest BCUT2D eigenvalue weighted by atomic mass is 16.5. The number of rotatable bonds is 7. The fourth-order valence-electron chi connectivity index (χ4n) is 1.57. The van der Waals surface area contributed by atoms with E-state index in [9.17, 15) is 4.79 Å². The number of amides is 1. The predicted octanol–water partition coefficient (Wildman–Crippen LogP) is 2.98. The van der Waals surface area contributed by atoms with Crippen LogP contribution in [0.25, 0.3) is 6.08 Å². The lowest BCUT2D eigenvalue weighted by Crippen LogP contribution is -2.23. The molecule has 0 aliphatic heterocycles. The van der Waals surface area contributed by atoms with Crippen LogP contribution >= 0.6 is 0 Å². The molecule has 1 aromatic carbocycles. The van der Waals surface area contributed by atoms with Gasteiger partial charge in [0.1, 0.15) is 0 Å². The quantitative estimate of drug-likeness (QED) is 0.719. The van der Waals surface area contributed by atoms with Gasteiger partial charge in [0.05, 0.1) is 13.7 Å². The van der Waals surface area contributed by atoms with Gasteiger partial charge in [-0.3, -0.25) is 4.79 Å². The number of nitrogens with zero attached hydrogens (tertiary/aromatic N) is 1. The molecule has 0 fully saturated rings. The number of carbonyl (C=O) groups excluding carboxylic acids is 1. The van der Waals surface area contributed by atoms with E-state index in [1.807, 2.05) is 25.1 Å². The zero-order valence-corrected chi connectivity index (χ0v) is 12.7. The Hall–Kier alpha value is -1.97. The minimum Gasteiger partial charge on any atom is -0.493 e. The Labute approximate surface area is 121 Å². The first-order chi connectivity index (χ1) is 9.62. The highest BCUT2D eigenvalue weighted by molar-refractivity contribution is 5.91. The second-order valence-corrected chi connectivity index (χ2v) is 4.44. The predicted molar refractivity (Wildman–Crippen MR) is 81.1 cm³/mol. The van der Waals surface area contributed by atoms with Crippen LogP contribution in [0.4, 0.5) is 0 Å². The minimum atomic E-state index is -0.0159. The van der Waals surface area contributed by atoms with Crippen molar-refractivity contribution in [2.45, 2.75) is 20.3 Å². The average Bonchev–Trinajstić information content (AvgIpc) is 2.49. The van der Waals surface area contributed by atoms with Gasteiger partial charge in [-0.1, -0.05) is 13.0 Å². The van der Waals surface area contributed by atoms with E-state index in [1.54, 1.807) is 31.2 Å². The number of benzene rings is 1. The maximum absolute atomic E-state index is 11.7. The van der Waals surface area contributed by atoms with E-state index in [0.717, 1.165) is 17.7 Å². The first-order valence-corrected chi connectivity index (χ1v) is 6.86. The number of ether oxygens (including phenoxy) is 2. The number of carbonyl (C=O) groups is 1. The van der Waals surface area contributed by atoms with Crippen LogP contribution < -0.4 is 9.47 Å². The van der Waals surface area contributed by atoms with Gasteiger partial charge in [-0.05, 0) is 37.1 Å². The molecule has 0 bridgehead atoms. The van der Waals surface area contributed by atoms with Gasteiger partial charge in [0, 0.05) is 19.7 Å². The van der Waals surface area contributed by atoms with Crippen molar-refractivity contribution in [3.8, 4) is 11.5 Å². The second kappa shape index (κ2) is 8.25. The molecule has 0 radical (unpaired) electrons. The maximum atomic E-state index is 11.7. The van der Waals surface area contributed by atoms with Gasteiger partial charge in [-0.2, -0.15) is 0 Å². The van der Waals surface area contributed by atoms with Crippen LogP contribution in [0.5, 0.6) is 11.5 Å². The molecule has 1 amide bonds. The molecule has 0 aliphatic carbocycles. The van der Waals surface area contributed by atoms with Crippen molar-refractivity contribution in [1.29, 1.82) is 0 Å². The van der Waals surface area contributed by atoms with E-state index in [-0.39, 0.29) is 5.91 Å². The zero-order valence-electron chi connectivity index (χ0n) is 12.7. The Morgan fingerprint density at radius 3 is 2.65 bits per heavy atom. The second-order valence-electron chi connectivity index (χ2n) is 4.44. The standard InChI is InChI=1S/C16H23NO3/c1-5-11-20-14-9-7-13(12-15(14)19-4)8-10-16(18)17(3)6-2/h7-10,12H,5-6,11H2,1-4H3/b10-8+. The first kappa shape index (κ1) is 16.1. The molecule has 4 nitrogen and oxygen atoms in total. The Morgan fingerprint density at radius 2 is 2.05 bits per heavy atom. The largest absolute Gasteiger partial charge is 0.493 e. The van der Waals surface area contributed by atoms with Gasteiger partial charge in [0.15, 0.2) is 11.5 Å². The summed E-state index contributed by atoms with van der Waals surface area (Å²) in [7, 11) is 3.38. The Bertz CT molecular complexity index is 469. The molecule has 0 heterocycles. The first-order valence-electron chi connectivity index (χ1n) is 6.86. The Balaban J connectivity index is 2.82. The third-order valence-electron chi connectivity index (χ3n) is 2.92. The number of methoxy groups -OCH3 is 1. The number of hydrogen-bond acceptors (Lipinski definition) is 3. The molecule has 1 aromatic rings. The fraction of sp³-hybridized carbons (Fsp3) is 0.438. The molecule has 0 atom stereocenters. The molecule has 1 rings (SSSR count). The highest BCUT2D eigenvalue weighted by Gasteiger charge is 2.05. The van der Waals surface area contributed by atoms with Gasteiger partial charge >= 0.3 is 0 Å². The van der Waals surface area contributed by atoms with Crippen molar-refractivity contribution >= 4 is 12.0 Å². The van der Waals surface area contributed by atoms with Gasteiger partial charge in [0.25, 0.3) is 0 Å². The molecule has 0 N–H and O–H groups in total. The van der Waals surface area contributed by atoms with E-state index in [4.69, 9.17) is 9.47 Å². The van der Waals surface area contributed by atoms with Gasteiger partial charge < -0.3 is 14.4 Å². The molecular formula is C16H23NO3. The normalized spacial score (nSPS) is 10.6. The summed E-state index contributed by atoms with van der Waals surface area (Å²) in [6.45, 7) is 5.34. The molecule has 20 heavy (non-hydrogen) atoms. The topological polar surface area (TPSA) is 38.8 Å². The summed E-state index contributed by atoms with van der Waals surface area (Å²) in [5.74, 6) is 1.39. The SMILES string of the molecule is CCCOc1ccc(/C=C/C(=O)N(C)CC)cc1OC. The lowest BCUT2D eigenvalue weighted by molar-refractivity contribution is -0.124. The van der Waals surface area contributed by atoms with Crippen LogP contribution in [0.3, 0.4) is 0 Å². The van der Waals surface area contributed by atoms with E-state index >= 15 is 0 Å². The molecule has 0 saturated carbocycles. The van der Waals surface area contributed by atoms with Gasteiger partial charge in [0.2, 0.25) is 5.91 Å². The Morgan fingerprint density at radius 1 is 1.30 bits per heavy atom. The average molecular weight is 277 g/mol. The van der Waals surface area contributed by atoms with Crippen LogP contribution in [0.15, 0.2) is 24.3 Å². The lowest BCUT2D eigenvalue weighted by atomic mass is 10.2. The van der Waals surface area contributed by atoms with Gasteiger partial charge in [-0.15, -0.1) is 0 Å². The lowest BCUT2D eigenvalue weighted by Gasteiger charge is -2.12. The van der Waals surface area contributed by atoms with E-state index in [2.05, 4.69) is 6.92 Å². The summed E-state index contributed by atoms with van der Waals surface area (Å²) < 4.78 is 10.9. The molecule has 110 valence electrons. The number of likely N-dealkylation sites (N-methyl/N-ethyl adjacent to an activating group) is 1. The van der Waals surface area contributed by atoms with Gasteiger partial charge in [-0.25, -0.2) is 0 Å². The smallest absolute Gasteiger partial charge is 0.246 e. The van der Waals surface area contributed by atoms with Crippen LogP contribution in [0, 0.1) is 0 Å². The van der Waals surface area contributed by atoms with E-state index < -0.39 is 0 Å². The molecule has 0 aliphatic rings. The monoisotopic (exact) mass is 277 g/mol. The molecule has 0 unspecified atom stereocenters. The Kier molecular flexibility index (Phi) is 6.64. The van der Waals surface area contributed by atoms with Crippen molar-refractivity contribution in [2.24, 2.45) is 0 Å². The van der Waals surface area contributed by atoms with E-state index in [0.29, 0.717) is 18.9 Å². The third kappa shape index (κ3) is 4.61. The van der Waals surface area contributed by atoms with Crippen molar-refractivity contribution in [1.82, 2.24) is 4.90 Å². The minimum absolute atomic E-state index is 0.0159. The van der Waals surface area contributed by atoms with Crippen LogP contribution in [0.2, 0.25) is 0 Å². The van der Waals surface area contributed by atoms with Crippen molar-refractivity contribution in [2.75, 3.05) is 27.3 Å². The van der Waals surface area contributed by atoms with Crippen molar-refractivity contribution < 1.29 is 14.3 Å². The molecule has 0 aromatic heterocycles. The molecule has 0 saturated heterocycles. The summed E-state index contributed by atoms with van der Waals surface area (Å²) in [5.41, 5.74) is 0.906. The summed E-state index contributed by atoms with van der Waals surface area (Å²) >= 11 is 0. The zero-order chi connectivity index (χ0) is 15.0. The van der Waals surface area contributed by atoms with Crippen LogP contribution in [-0.4, -0.2) is 38.1 Å². The highest BCUT2D eigenvalue weighted by Crippen LogP contribution is 2.28. The fourth-order valence-corrected chi connectivity index (χ4v) is 1.57. The van der Waals surface area contributed by atoms with Crippen LogP contribution in [0.1, 0.15) is 25.8 Å². The summed E-state index contributed by atoms with van der Waals surface area (Å²) in [5, 5.41) is 0. The molecule has 4 heteroatoms. The maximum Gasteiger partial charge on any atom is 0.246 e. The van der Waals surface area contributed by atoms with Crippen molar-refractivity contribution in [3.05, 3.63) is 29.8 Å². The summed E-state index contributed by atoms with van der Waals surface area (Å²) in [6, 6.07) is 5.63. The molecule has 0 spiro atoms.